The van der Waals surface area contributed by atoms with E-state index in [0.29, 0.717) is 0 Å². The molecule has 0 aromatic heterocycles. The van der Waals surface area contributed by atoms with Crippen molar-refractivity contribution in [1.29, 1.82) is 0 Å². The number of esters is 1. The minimum Gasteiger partial charge on any atom is -0.455 e. The highest BCUT2D eigenvalue weighted by Gasteiger charge is 2.14. The lowest BCUT2D eigenvalue weighted by Crippen LogP contribution is -2.22. The van der Waals surface area contributed by atoms with Crippen LogP contribution in [0.2, 0.25) is 0 Å². The Hall–Kier alpha value is -2.62. The summed E-state index contributed by atoms with van der Waals surface area (Å²) < 4.78 is 5.19. The first kappa shape index (κ1) is 19.2. The van der Waals surface area contributed by atoms with Crippen molar-refractivity contribution in [3.63, 3.8) is 0 Å². The smallest absolute Gasteiger partial charge is 0.310 e. The minimum absolute atomic E-state index is 0.200. The first-order valence-electron chi connectivity index (χ1n) is 9.71. The molecular formula is C23H27NO3. The highest BCUT2D eigenvalue weighted by atomic mass is 16.5. The quantitative estimate of drug-likeness (QED) is 0.782. The Morgan fingerprint density at radius 2 is 1.85 bits per heavy atom. The summed E-state index contributed by atoms with van der Waals surface area (Å²) in [5.41, 5.74) is 6.58. The fraction of sp³-hybridized carbons (Fsp3) is 0.391. The molecule has 1 aliphatic carbocycles. The second-order valence-electron chi connectivity index (χ2n) is 7.16. The molecule has 0 fully saturated rings. The molecule has 1 aliphatic rings. The normalized spacial score (nSPS) is 13.0. The number of rotatable bonds is 6. The zero-order valence-corrected chi connectivity index (χ0v) is 16.1. The molecule has 0 spiro atoms. The van der Waals surface area contributed by atoms with Gasteiger partial charge in [-0.15, -0.1) is 0 Å². The summed E-state index contributed by atoms with van der Waals surface area (Å²) in [5, 5.41) is 2.87. The Morgan fingerprint density at radius 1 is 1.07 bits per heavy atom. The zero-order chi connectivity index (χ0) is 19.2. The van der Waals surface area contributed by atoms with Crippen LogP contribution in [-0.2, 0) is 40.0 Å². The largest absolute Gasteiger partial charge is 0.455 e. The second kappa shape index (κ2) is 8.85. The van der Waals surface area contributed by atoms with E-state index in [1.807, 2.05) is 38.1 Å². The lowest BCUT2D eigenvalue weighted by molar-refractivity contribution is -0.146. The van der Waals surface area contributed by atoms with Gasteiger partial charge in [-0.1, -0.05) is 43.3 Å². The molecule has 2 aromatic rings. The first-order chi connectivity index (χ1) is 13.1. The standard InChI is InChI=1S/C23H27NO3/c1-3-18-10-6-7-16(2)23(18)24-21(25)15-27-22(26)14-17-11-12-19-8-4-5-9-20(19)13-17/h6-7,10-13H,3-5,8-9,14-15H2,1-2H3,(H,24,25). The van der Waals surface area contributed by atoms with Gasteiger partial charge >= 0.3 is 5.97 Å². The van der Waals surface area contributed by atoms with Crippen LogP contribution in [0.5, 0.6) is 0 Å². The van der Waals surface area contributed by atoms with Gasteiger partial charge in [0.25, 0.3) is 5.91 Å². The van der Waals surface area contributed by atoms with E-state index in [2.05, 4.69) is 17.4 Å². The third kappa shape index (κ3) is 4.97. The lowest BCUT2D eigenvalue weighted by atomic mass is 9.90. The molecule has 1 N–H and O–H groups in total. The maximum atomic E-state index is 12.2. The van der Waals surface area contributed by atoms with Crippen LogP contribution in [0, 0.1) is 6.92 Å². The number of nitrogens with one attached hydrogen (secondary N) is 1. The molecule has 3 rings (SSSR count). The molecule has 4 nitrogen and oxygen atoms in total. The summed E-state index contributed by atoms with van der Waals surface area (Å²) in [4.78, 5) is 24.3. The van der Waals surface area contributed by atoms with E-state index >= 15 is 0 Å². The van der Waals surface area contributed by atoms with Gasteiger partial charge in [-0.05, 0) is 66.8 Å². The Balaban J connectivity index is 1.53. The van der Waals surface area contributed by atoms with Crippen molar-refractivity contribution in [2.24, 2.45) is 0 Å². The number of amides is 1. The molecule has 4 heteroatoms. The Bertz CT molecular complexity index is 842. The van der Waals surface area contributed by atoms with Crippen LogP contribution in [0.1, 0.15) is 47.6 Å². The van der Waals surface area contributed by atoms with Gasteiger partial charge in [0.2, 0.25) is 0 Å². The summed E-state index contributed by atoms with van der Waals surface area (Å²) in [6, 6.07) is 12.1. The van der Waals surface area contributed by atoms with E-state index < -0.39 is 0 Å². The molecule has 142 valence electrons. The summed E-state index contributed by atoms with van der Waals surface area (Å²) in [7, 11) is 0. The van der Waals surface area contributed by atoms with E-state index in [1.54, 1.807) is 0 Å². The SMILES string of the molecule is CCc1cccc(C)c1NC(=O)COC(=O)Cc1ccc2c(c1)CCCC2. The van der Waals surface area contributed by atoms with Crippen LogP contribution >= 0.6 is 0 Å². The third-order valence-electron chi connectivity index (χ3n) is 5.13. The van der Waals surface area contributed by atoms with Gasteiger partial charge in [0.05, 0.1) is 6.42 Å². The summed E-state index contributed by atoms with van der Waals surface area (Å²) in [6.07, 6.45) is 5.68. The number of hydrogen-bond donors (Lipinski definition) is 1. The number of benzene rings is 2. The minimum atomic E-state index is -0.374. The van der Waals surface area contributed by atoms with Gasteiger partial charge in [0.15, 0.2) is 6.61 Å². The van der Waals surface area contributed by atoms with Crippen LogP contribution < -0.4 is 5.32 Å². The van der Waals surface area contributed by atoms with Crippen molar-refractivity contribution in [1.82, 2.24) is 0 Å². The van der Waals surface area contributed by atoms with Crippen LogP contribution in [0.3, 0.4) is 0 Å². The molecule has 0 saturated carbocycles. The van der Waals surface area contributed by atoms with Crippen molar-refractivity contribution in [2.45, 2.75) is 52.4 Å². The molecule has 0 saturated heterocycles. The summed E-state index contributed by atoms with van der Waals surface area (Å²) in [5.74, 6) is -0.681. The Kier molecular flexibility index (Phi) is 6.28. The fourth-order valence-corrected chi connectivity index (χ4v) is 3.64. The van der Waals surface area contributed by atoms with Gasteiger partial charge in [-0.3, -0.25) is 9.59 Å². The number of para-hydroxylation sites is 1. The predicted octanol–water partition coefficient (Wildman–Crippen LogP) is 4.16. The first-order valence-corrected chi connectivity index (χ1v) is 9.71. The average molecular weight is 365 g/mol. The predicted molar refractivity (Wildman–Crippen MR) is 107 cm³/mol. The summed E-state index contributed by atoms with van der Waals surface area (Å²) in [6.45, 7) is 3.74. The highest BCUT2D eigenvalue weighted by Crippen LogP contribution is 2.23. The average Bonchev–Trinajstić information content (AvgIpc) is 2.68. The number of aryl methyl sites for hydroxylation is 4. The van der Waals surface area contributed by atoms with Crippen molar-refractivity contribution < 1.29 is 14.3 Å². The summed E-state index contributed by atoms with van der Waals surface area (Å²) >= 11 is 0. The van der Waals surface area contributed by atoms with Gasteiger partial charge in [0, 0.05) is 5.69 Å². The van der Waals surface area contributed by atoms with E-state index in [1.165, 1.54) is 24.0 Å². The fourth-order valence-electron chi connectivity index (χ4n) is 3.64. The van der Waals surface area contributed by atoms with Crippen molar-refractivity contribution in [3.8, 4) is 0 Å². The Labute approximate surface area is 160 Å². The lowest BCUT2D eigenvalue weighted by Gasteiger charge is -2.16. The van der Waals surface area contributed by atoms with E-state index in [0.717, 1.165) is 41.6 Å². The number of hydrogen-bond acceptors (Lipinski definition) is 3. The Morgan fingerprint density at radius 3 is 2.63 bits per heavy atom. The van der Waals surface area contributed by atoms with Gasteiger partial charge < -0.3 is 10.1 Å². The van der Waals surface area contributed by atoms with Crippen LogP contribution in [0.4, 0.5) is 5.69 Å². The second-order valence-corrected chi connectivity index (χ2v) is 7.16. The zero-order valence-electron chi connectivity index (χ0n) is 16.1. The molecule has 0 radical (unpaired) electrons. The van der Waals surface area contributed by atoms with Crippen molar-refractivity contribution in [3.05, 3.63) is 64.2 Å². The van der Waals surface area contributed by atoms with Crippen LogP contribution in [0.25, 0.3) is 0 Å². The number of fused-ring (bicyclic) bond motifs is 1. The van der Waals surface area contributed by atoms with Gasteiger partial charge in [-0.2, -0.15) is 0 Å². The maximum Gasteiger partial charge on any atom is 0.310 e. The van der Waals surface area contributed by atoms with Gasteiger partial charge in [0.1, 0.15) is 0 Å². The molecule has 27 heavy (non-hydrogen) atoms. The third-order valence-corrected chi connectivity index (χ3v) is 5.13. The maximum absolute atomic E-state index is 12.2. The molecule has 0 aliphatic heterocycles. The molecular weight excluding hydrogens is 338 g/mol. The van der Waals surface area contributed by atoms with Crippen LogP contribution in [-0.4, -0.2) is 18.5 Å². The van der Waals surface area contributed by atoms with Crippen molar-refractivity contribution >= 4 is 17.6 Å². The molecule has 0 atom stereocenters. The topological polar surface area (TPSA) is 55.4 Å². The van der Waals surface area contributed by atoms with Crippen LogP contribution in [0.15, 0.2) is 36.4 Å². The molecule has 2 aromatic carbocycles. The number of carbonyl (C=O) groups is 2. The highest BCUT2D eigenvalue weighted by molar-refractivity contribution is 5.94. The number of ether oxygens (including phenoxy) is 1. The number of anilines is 1. The molecule has 0 unspecified atom stereocenters. The number of carbonyl (C=O) groups excluding carboxylic acids is 2. The van der Waals surface area contributed by atoms with E-state index in [4.69, 9.17) is 4.74 Å². The van der Waals surface area contributed by atoms with E-state index in [9.17, 15) is 9.59 Å². The van der Waals surface area contributed by atoms with Gasteiger partial charge in [-0.25, -0.2) is 0 Å². The monoisotopic (exact) mass is 365 g/mol. The molecule has 0 bridgehead atoms. The molecule has 0 heterocycles. The van der Waals surface area contributed by atoms with Crippen molar-refractivity contribution in [2.75, 3.05) is 11.9 Å². The van der Waals surface area contributed by atoms with E-state index in [-0.39, 0.29) is 24.9 Å². The molecule has 1 amide bonds.